The molecule has 0 fully saturated rings. The molecular weight excluding hydrogens is 290 g/mol. The summed E-state index contributed by atoms with van der Waals surface area (Å²) < 4.78 is 0. The van der Waals surface area contributed by atoms with Gasteiger partial charge in [-0.25, -0.2) is 9.97 Å². The van der Waals surface area contributed by atoms with Crippen molar-refractivity contribution in [3.8, 4) is 11.3 Å². The molecule has 0 aliphatic carbocycles. The molecule has 3 N–H and O–H groups in total. The van der Waals surface area contributed by atoms with Gasteiger partial charge in [0.05, 0.1) is 11.9 Å². The Morgan fingerprint density at radius 1 is 1.17 bits per heavy atom. The first kappa shape index (κ1) is 14.6. The lowest BCUT2D eigenvalue weighted by Gasteiger charge is -2.10. The molecular formula is C17H19N5O. The van der Waals surface area contributed by atoms with Gasteiger partial charge in [-0.3, -0.25) is 9.78 Å². The van der Waals surface area contributed by atoms with E-state index in [-0.39, 0.29) is 14.4 Å². The highest BCUT2D eigenvalue weighted by Crippen LogP contribution is 2.19. The van der Waals surface area contributed by atoms with Crippen molar-refractivity contribution in [3.63, 3.8) is 0 Å². The molecule has 6 heteroatoms. The van der Waals surface area contributed by atoms with Crippen LogP contribution in [0, 0.1) is 6.92 Å². The lowest BCUT2D eigenvalue weighted by Crippen LogP contribution is -2.17. The third-order valence-electron chi connectivity index (χ3n) is 3.37. The van der Waals surface area contributed by atoms with Crippen LogP contribution in [-0.4, -0.2) is 20.9 Å². The van der Waals surface area contributed by atoms with Crippen molar-refractivity contribution in [2.45, 2.75) is 6.92 Å². The quantitative estimate of drug-likeness (QED) is 0.775. The van der Waals surface area contributed by atoms with Gasteiger partial charge in [0, 0.05) is 26.5 Å². The van der Waals surface area contributed by atoms with E-state index >= 15 is 0 Å². The van der Waals surface area contributed by atoms with Crippen molar-refractivity contribution in [1.29, 1.82) is 0 Å². The Labute approximate surface area is 136 Å². The zero-order chi connectivity index (χ0) is 16.2. The molecule has 1 aromatic carbocycles. The average molecular weight is 309 g/mol. The molecule has 0 aliphatic rings. The van der Waals surface area contributed by atoms with Crippen LogP contribution in [0.2, 0.25) is 0 Å². The molecule has 3 rings (SSSR count). The van der Waals surface area contributed by atoms with Gasteiger partial charge in [-0.1, -0.05) is 18.2 Å². The minimum atomic E-state index is -0.393. The molecule has 1 amide bonds. The summed E-state index contributed by atoms with van der Waals surface area (Å²) in [6.07, 6.45) is 4.85. The fourth-order valence-corrected chi connectivity index (χ4v) is 2.11. The van der Waals surface area contributed by atoms with Crippen LogP contribution < -0.4 is 11.1 Å². The number of nitrogens with one attached hydrogen (secondary N) is 1. The number of aryl methyl sites for hydroxylation is 1. The van der Waals surface area contributed by atoms with E-state index in [2.05, 4.69) is 20.3 Å². The molecule has 0 aliphatic heterocycles. The number of nitrogen functional groups attached to an aromatic ring is 1. The summed E-state index contributed by atoms with van der Waals surface area (Å²) in [7, 11) is 0. The number of pyridine rings is 1. The summed E-state index contributed by atoms with van der Waals surface area (Å²) in [6.45, 7) is 1.91. The second-order valence-electron chi connectivity index (χ2n) is 5.00. The van der Waals surface area contributed by atoms with Crippen LogP contribution >= 0.6 is 0 Å². The number of benzene rings is 1. The first-order valence-electron chi connectivity index (χ1n) is 7.05. The molecule has 0 saturated carbocycles. The fourth-order valence-electron chi connectivity index (χ4n) is 2.11. The van der Waals surface area contributed by atoms with Gasteiger partial charge in [0.1, 0.15) is 0 Å². The van der Waals surface area contributed by atoms with Gasteiger partial charge in [-0.15, -0.1) is 0 Å². The van der Waals surface area contributed by atoms with Crippen molar-refractivity contribution in [2.75, 3.05) is 11.1 Å². The van der Waals surface area contributed by atoms with Gasteiger partial charge < -0.3 is 11.1 Å². The molecule has 2 heterocycles. The van der Waals surface area contributed by atoms with Crippen LogP contribution in [0.5, 0.6) is 0 Å². The van der Waals surface area contributed by atoms with E-state index in [4.69, 9.17) is 5.73 Å². The first-order valence-corrected chi connectivity index (χ1v) is 7.05. The number of carbonyl (C=O) groups excluding carboxylic acids is 1. The molecule has 3 aromatic rings. The van der Waals surface area contributed by atoms with Crippen LogP contribution in [0.15, 0.2) is 55.0 Å². The molecule has 2 aromatic heterocycles. The fraction of sp³-hybridized carbons (Fsp3) is 0.0588. The Bertz CT molecular complexity index is 859. The molecule has 23 heavy (non-hydrogen) atoms. The Hall–Kier alpha value is -3.28. The zero-order valence-electron chi connectivity index (χ0n) is 12.5. The van der Waals surface area contributed by atoms with E-state index in [1.807, 2.05) is 37.3 Å². The zero-order valence-corrected chi connectivity index (χ0v) is 12.5. The molecule has 0 atom stereocenters. The van der Waals surface area contributed by atoms with Crippen LogP contribution in [-0.2, 0) is 0 Å². The minimum absolute atomic E-state index is 0. The van der Waals surface area contributed by atoms with Gasteiger partial charge in [-0.05, 0) is 30.7 Å². The van der Waals surface area contributed by atoms with Gasteiger partial charge in [0.25, 0.3) is 5.91 Å². The number of anilines is 2. The van der Waals surface area contributed by atoms with Gasteiger partial charge in [-0.2, -0.15) is 0 Å². The normalized spacial score (nSPS) is 10.3. The second kappa shape index (κ2) is 6.23. The largest absolute Gasteiger partial charge is 0.382 e. The predicted octanol–water partition coefficient (Wildman–Crippen LogP) is 3.17. The maximum absolute atomic E-state index is 12.5. The number of para-hydroxylation sites is 1. The highest BCUT2D eigenvalue weighted by atomic mass is 16.1. The third kappa shape index (κ3) is 3.16. The van der Waals surface area contributed by atoms with Crippen molar-refractivity contribution < 1.29 is 7.65 Å². The highest BCUT2D eigenvalue weighted by molar-refractivity contribution is 6.06. The third-order valence-corrected chi connectivity index (χ3v) is 3.37. The maximum atomic E-state index is 12.5. The molecule has 0 radical (unpaired) electrons. The van der Waals surface area contributed by atoms with Crippen LogP contribution in [0.25, 0.3) is 11.3 Å². The van der Waals surface area contributed by atoms with E-state index < -0.39 is 5.91 Å². The summed E-state index contributed by atoms with van der Waals surface area (Å²) in [5.41, 5.74) is 8.88. The Morgan fingerprint density at radius 2 is 2.00 bits per heavy atom. The Kier molecular flexibility index (Phi) is 3.97. The van der Waals surface area contributed by atoms with Crippen LogP contribution in [0.4, 0.5) is 11.5 Å². The monoisotopic (exact) mass is 309 g/mol. The van der Waals surface area contributed by atoms with Crippen molar-refractivity contribution in [3.05, 3.63) is 66.2 Å². The van der Waals surface area contributed by atoms with Crippen molar-refractivity contribution >= 4 is 17.4 Å². The summed E-state index contributed by atoms with van der Waals surface area (Å²) in [4.78, 5) is 24.9. The summed E-state index contributed by atoms with van der Waals surface area (Å²) in [5, 5.41) is 2.81. The van der Waals surface area contributed by atoms with Crippen LogP contribution in [0.3, 0.4) is 0 Å². The maximum Gasteiger partial charge on any atom is 0.278 e. The van der Waals surface area contributed by atoms with Crippen molar-refractivity contribution in [2.24, 2.45) is 0 Å². The first-order chi connectivity index (χ1) is 11.1. The van der Waals surface area contributed by atoms with Gasteiger partial charge >= 0.3 is 0 Å². The number of hydrogen-bond acceptors (Lipinski definition) is 5. The SMILES string of the molecule is Cc1ccccc1NC(=O)c1nc(-c2cccnc2)cnc1N.[HH].[HH]. The number of nitrogens with zero attached hydrogens (tertiary/aromatic N) is 3. The number of nitrogens with two attached hydrogens (primary N) is 1. The number of rotatable bonds is 3. The van der Waals surface area contributed by atoms with E-state index in [1.165, 1.54) is 6.20 Å². The van der Waals surface area contributed by atoms with E-state index in [0.29, 0.717) is 11.4 Å². The lowest BCUT2D eigenvalue weighted by atomic mass is 10.2. The molecule has 6 nitrogen and oxygen atoms in total. The number of aromatic nitrogens is 3. The topological polar surface area (TPSA) is 93.8 Å². The standard InChI is InChI=1S/C17H15N5O.2H2/c1-11-5-2-3-7-13(11)22-17(23)15-16(18)20-10-14(21-15)12-6-4-8-19-9-12;;/h2-10H,1H3,(H2,18,20)(H,22,23);2*1H. The van der Waals surface area contributed by atoms with Gasteiger partial charge in [0.2, 0.25) is 0 Å². The minimum Gasteiger partial charge on any atom is -0.382 e. The summed E-state index contributed by atoms with van der Waals surface area (Å²) in [5.74, 6) is -0.307. The van der Waals surface area contributed by atoms with Crippen molar-refractivity contribution in [1.82, 2.24) is 15.0 Å². The summed E-state index contributed by atoms with van der Waals surface area (Å²) >= 11 is 0. The molecule has 0 bridgehead atoms. The van der Waals surface area contributed by atoms with E-state index in [9.17, 15) is 4.79 Å². The second-order valence-corrected chi connectivity index (χ2v) is 5.00. The Balaban J connectivity index is 0.00000156. The number of hydrogen-bond donors (Lipinski definition) is 2. The van der Waals surface area contributed by atoms with Gasteiger partial charge in [0.15, 0.2) is 11.5 Å². The molecule has 0 spiro atoms. The predicted molar refractivity (Wildman–Crippen MR) is 93.0 cm³/mol. The van der Waals surface area contributed by atoms with E-state index in [0.717, 1.165) is 11.1 Å². The number of carbonyl (C=O) groups is 1. The summed E-state index contributed by atoms with van der Waals surface area (Å²) in [6, 6.07) is 11.1. The number of amides is 1. The molecule has 118 valence electrons. The smallest absolute Gasteiger partial charge is 0.278 e. The highest BCUT2D eigenvalue weighted by Gasteiger charge is 2.15. The average Bonchev–Trinajstić information content (AvgIpc) is 2.58. The Morgan fingerprint density at radius 3 is 2.74 bits per heavy atom. The molecule has 0 saturated heterocycles. The molecule has 0 unspecified atom stereocenters. The lowest BCUT2D eigenvalue weighted by molar-refractivity contribution is 0.102. The van der Waals surface area contributed by atoms with Crippen LogP contribution in [0.1, 0.15) is 18.9 Å². The van der Waals surface area contributed by atoms with E-state index in [1.54, 1.807) is 18.5 Å².